The summed E-state index contributed by atoms with van der Waals surface area (Å²) in [7, 11) is 0. The van der Waals surface area contributed by atoms with Gasteiger partial charge in [-0.2, -0.15) is 0 Å². The van der Waals surface area contributed by atoms with Crippen LogP contribution in [0.25, 0.3) is 0 Å². The third kappa shape index (κ3) is 2.78. The number of aromatic amines is 1. The van der Waals surface area contributed by atoms with Crippen LogP contribution in [0.15, 0.2) is 43.0 Å². The highest BCUT2D eigenvalue weighted by Crippen LogP contribution is 2.21. The summed E-state index contributed by atoms with van der Waals surface area (Å²) in [6.07, 6.45) is 4.49. The van der Waals surface area contributed by atoms with Crippen molar-refractivity contribution in [2.45, 2.75) is 25.4 Å². The van der Waals surface area contributed by atoms with Crippen molar-refractivity contribution in [1.29, 1.82) is 0 Å². The highest BCUT2D eigenvalue weighted by molar-refractivity contribution is 5.80. The smallest absolute Gasteiger partial charge is 0.248 e. The van der Waals surface area contributed by atoms with Crippen molar-refractivity contribution in [2.75, 3.05) is 6.54 Å². The lowest BCUT2D eigenvalue weighted by atomic mass is 10.0. The molecule has 1 atom stereocenters. The van der Waals surface area contributed by atoms with E-state index in [0.29, 0.717) is 19.5 Å². The summed E-state index contributed by atoms with van der Waals surface area (Å²) in [6.45, 7) is 1.20. The van der Waals surface area contributed by atoms with Gasteiger partial charge in [0.05, 0.1) is 24.3 Å². The number of tetrazole rings is 1. The second-order valence-electron chi connectivity index (χ2n) is 5.83. The number of rotatable bonds is 4. The highest BCUT2D eigenvalue weighted by atomic mass is 16.2. The van der Waals surface area contributed by atoms with Gasteiger partial charge >= 0.3 is 0 Å². The third-order valence-electron chi connectivity index (χ3n) is 4.33. The van der Waals surface area contributed by atoms with E-state index in [1.165, 1.54) is 11.0 Å². The predicted molar refractivity (Wildman–Crippen MR) is 84.7 cm³/mol. The van der Waals surface area contributed by atoms with Crippen LogP contribution >= 0.6 is 0 Å². The Balaban J connectivity index is 1.58. The Morgan fingerprint density at radius 2 is 2.17 bits per heavy atom. The molecule has 0 saturated heterocycles. The first-order valence-electron chi connectivity index (χ1n) is 7.87. The molecule has 1 aliphatic rings. The van der Waals surface area contributed by atoms with Crippen molar-refractivity contribution in [3.05, 3.63) is 59.9 Å². The SMILES string of the molecule is O=C(C(Cc1ccccc1)n1cnnn1)N1CCc2nc[nH]c2C1. The van der Waals surface area contributed by atoms with Gasteiger partial charge in [-0.25, -0.2) is 9.67 Å². The summed E-state index contributed by atoms with van der Waals surface area (Å²) < 4.78 is 1.54. The van der Waals surface area contributed by atoms with Crippen LogP contribution in [0.4, 0.5) is 0 Å². The molecular weight excluding hydrogens is 306 g/mol. The fraction of sp³-hybridized carbons (Fsp3) is 0.312. The molecule has 8 heteroatoms. The zero-order chi connectivity index (χ0) is 16.4. The quantitative estimate of drug-likeness (QED) is 0.765. The fourth-order valence-electron chi connectivity index (χ4n) is 3.05. The van der Waals surface area contributed by atoms with Gasteiger partial charge in [0.15, 0.2) is 0 Å². The number of hydrogen-bond acceptors (Lipinski definition) is 5. The Kier molecular flexibility index (Phi) is 3.78. The van der Waals surface area contributed by atoms with E-state index in [1.807, 2.05) is 35.2 Å². The van der Waals surface area contributed by atoms with E-state index in [4.69, 9.17) is 0 Å². The molecule has 0 radical (unpaired) electrons. The largest absolute Gasteiger partial charge is 0.347 e. The van der Waals surface area contributed by atoms with Gasteiger partial charge in [0.25, 0.3) is 0 Å². The fourth-order valence-corrected chi connectivity index (χ4v) is 3.05. The van der Waals surface area contributed by atoms with Gasteiger partial charge in [-0.15, -0.1) is 5.10 Å². The monoisotopic (exact) mass is 323 g/mol. The maximum atomic E-state index is 13.1. The highest BCUT2D eigenvalue weighted by Gasteiger charge is 2.30. The van der Waals surface area contributed by atoms with E-state index in [-0.39, 0.29) is 5.91 Å². The number of fused-ring (bicyclic) bond motifs is 1. The van der Waals surface area contributed by atoms with E-state index in [9.17, 15) is 4.79 Å². The second kappa shape index (κ2) is 6.23. The molecule has 122 valence electrons. The summed E-state index contributed by atoms with van der Waals surface area (Å²) in [5.41, 5.74) is 3.12. The molecule has 1 aliphatic heterocycles. The Morgan fingerprint density at radius 3 is 2.96 bits per heavy atom. The lowest BCUT2D eigenvalue weighted by molar-refractivity contribution is -0.136. The molecule has 0 spiro atoms. The number of amides is 1. The molecule has 1 amide bonds. The number of H-pyrrole nitrogens is 1. The topological polar surface area (TPSA) is 92.6 Å². The summed E-state index contributed by atoms with van der Waals surface area (Å²) in [6, 6.07) is 9.46. The normalized spacial score (nSPS) is 15.1. The number of hydrogen-bond donors (Lipinski definition) is 1. The molecule has 3 aromatic rings. The van der Waals surface area contributed by atoms with Crippen LogP contribution in [0.5, 0.6) is 0 Å². The maximum Gasteiger partial charge on any atom is 0.248 e. The molecule has 0 bridgehead atoms. The first-order valence-corrected chi connectivity index (χ1v) is 7.87. The second-order valence-corrected chi connectivity index (χ2v) is 5.83. The standard InChI is InChI=1S/C16H17N7O/c24-16(22-7-6-13-14(9-22)18-10-17-13)15(23-11-19-20-21-23)8-12-4-2-1-3-5-12/h1-5,10-11,15H,6-9H2,(H,17,18). The van der Waals surface area contributed by atoms with Crippen LogP contribution in [0.2, 0.25) is 0 Å². The minimum absolute atomic E-state index is 0.0198. The average molecular weight is 323 g/mol. The molecule has 4 rings (SSSR count). The predicted octanol–water partition coefficient (Wildman–Crippen LogP) is 0.765. The summed E-state index contributed by atoms with van der Waals surface area (Å²) in [5, 5.41) is 11.3. The molecular formula is C16H17N7O. The van der Waals surface area contributed by atoms with Crippen LogP contribution in [-0.2, 0) is 24.2 Å². The summed E-state index contributed by atoms with van der Waals surface area (Å²) in [5.74, 6) is 0.0198. The number of carbonyl (C=O) groups excluding carboxylic acids is 1. The number of imidazole rings is 1. The zero-order valence-corrected chi connectivity index (χ0v) is 13.0. The molecule has 0 aliphatic carbocycles. The Hall–Kier alpha value is -3.03. The van der Waals surface area contributed by atoms with Crippen molar-refractivity contribution in [1.82, 2.24) is 35.1 Å². The molecule has 1 unspecified atom stereocenters. The van der Waals surface area contributed by atoms with Crippen LogP contribution in [0.1, 0.15) is 23.0 Å². The number of benzene rings is 1. The molecule has 0 saturated carbocycles. The van der Waals surface area contributed by atoms with E-state index >= 15 is 0 Å². The molecule has 3 heterocycles. The number of carbonyl (C=O) groups is 1. The van der Waals surface area contributed by atoms with E-state index in [2.05, 4.69) is 25.5 Å². The van der Waals surface area contributed by atoms with Crippen molar-refractivity contribution < 1.29 is 4.79 Å². The van der Waals surface area contributed by atoms with Crippen molar-refractivity contribution in [2.24, 2.45) is 0 Å². The lowest BCUT2D eigenvalue weighted by Crippen LogP contribution is -2.41. The average Bonchev–Trinajstić information content (AvgIpc) is 3.30. The van der Waals surface area contributed by atoms with E-state index < -0.39 is 6.04 Å². The first-order chi connectivity index (χ1) is 11.8. The van der Waals surface area contributed by atoms with Crippen molar-refractivity contribution >= 4 is 5.91 Å². The first kappa shape index (κ1) is 14.6. The summed E-state index contributed by atoms with van der Waals surface area (Å²) in [4.78, 5) is 22.3. The zero-order valence-electron chi connectivity index (χ0n) is 13.0. The molecule has 0 fully saturated rings. The van der Waals surface area contributed by atoms with Gasteiger partial charge < -0.3 is 9.88 Å². The van der Waals surface area contributed by atoms with Crippen LogP contribution in [0.3, 0.4) is 0 Å². The van der Waals surface area contributed by atoms with Gasteiger partial charge in [-0.1, -0.05) is 30.3 Å². The van der Waals surface area contributed by atoms with E-state index in [0.717, 1.165) is 23.4 Å². The number of nitrogens with zero attached hydrogens (tertiary/aromatic N) is 6. The van der Waals surface area contributed by atoms with Crippen LogP contribution < -0.4 is 0 Å². The van der Waals surface area contributed by atoms with Gasteiger partial charge in [-0.05, 0) is 16.0 Å². The van der Waals surface area contributed by atoms with Gasteiger partial charge in [0, 0.05) is 19.4 Å². The van der Waals surface area contributed by atoms with Crippen LogP contribution in [-0.4, -0.2) is 47.5 Å². The molecule has 8 nitrogen and oxygen atoms in total. The Labute approximate surface area is 138 Å². The summed E-state index contributed by atoms with van der Waals surface area (Å²) >= 11 is 0. The maximum absolute atomic E-state index is 13.1. The molecule has 24 heavy (non-hydrogen) atoms. The van der Waals surface area contributed by atoms with Gasteiger partial charge in [-0.3, -0.25) is 4.79 Å². The number of aromatic nitrogens is 6. The minimum Gasteiger partial charge on any atom is -0.347 e. The molecule has 1 aromatic carbocycles. The number of nitrogens with one attached hydrogen (secondary N) is 1. The minimum atomic E-state index is -0.452. The van der Waals surface area contributed by atoms with Gasteiger partial charge in [0.2, 0.25) is 5.91 Å². The van der Waals surface area contributed by atoms with Crippen molar-refractivity contribution in [3.63, 3.8) is 0 Å². The third-order valence-corrected chi connectivity index (χ3v) is 4.33. The Morgan fingerprint density at radius 1 is 1.29 bits per heavy atom. The van der Waals surface area contributed by atoms with Crippen LogP contribution in [0, 0.1) is 0 Å². The van der Waals surface area contributed by atoms with Gasteiger partial charge in [0.1, 0.15) is 12.4 Å². The molecule has 1 N–H and O–H groups in total. The lowest BCUT2D eigenvalue weighted by Gasteiger charge is -2.29. The molecule has 2 aromatic heterocycles. The van der Waals surface area contributed by atoms with E-state index in [1.54, 1.807) is 6.33 Å². The Bertz CT molecular complexity index is 812. The van der Waals surface area contributed by atoms with Crippen molar-refractivity contribution in [3.8, 4) is 0 Å².